The molecule has 0 N–H and O–H groups in total. The van der Waals surface area contributed by atoms with Gasteiger partial charge in [0.25, 0.3) is 0 Å². The number of hydrogen-bond acceptors (Lipinski definition) is 1. The second-order valence-electron chi connectivity index (χ2n) is 4.23. The summed E-state index contributed by atoms with van der Waals surface area (Å²) in [6.07, 6.45) is 2.82. The van der Waals surface area contributed by atoms with Gasteiger partial charge in [-0.15, -0.1) is 0 Å². The highest BCUT2D eigenvalue weighted by atomic mass is 79.9. The van der Waals surface area contributed by atoms with Crippen molar-refractivity contribution in [3.63, 3.8) is 0 Å². The molecule has 2 nitrogen and oxygen atoms in total. The Balaban J connectivity index is 2.16. The second kappa shape index (κ2) is 3.34. The normalized spacial score (nSPS) is 23.9. The van der Waals surface area contributed by atoms with Crippen LogP contribution in [0.3, 0.4) is 0 Å². The van der Waals surface area contributed by atoms with Gasteiger partial charge in [-0.25, -0.2) is 0 Å². The average molecular weight is 266 g/mol. The van der Waals surface area contributed by atoms with E-state index in [1.54, 1.807) is 0 Å². The highest BCUT2D eigenvalue weighted by Crippen LogP contribution is 2.41. The molecule has 1 aromatic carbocycles. The Morgan fingerprint density at radius 1 is 1.40 bits per heavy atom. The Labute approximate surface area is 97.4 Å². The van der Waals surface area contributed by atoms with Crippen molar-refractivity contribution in [2.24, 2.45) is 0 Å². The minimum absolute atomic E-state index is 0.295. The number of benzene rings is 1. The van der Waals surface area contributed by atoms with Crippen molar-refractivity contribution in [2.45, 2.75) is 25.3 Å². The molecule has 0 saturated carbocycles. The Morgan fingerprint density at radius 3 is 3.13 bits per heavy atom. The van der Waals surface area contributed by atoms with E-state index in [-0.39, 0.29) is 0 Å². The molecule has 0 aromatic heterocycles. The van der Waals surface area contributed by atoms with Gasteiger partial charge in [0.15, 0.2) is 0 Å². The third-order valence-corrected chi connectivity index (χ3v) is 4.08. The molecule has 78 valence electrons. The van der Waals surface area contributed by atoms with E-state index in [4.69, 9.17) is 0 Å². The van der Waals surface area contributed by atoms with Crippen LogP contribution in [0.15, 0.2) is 22.7 Å². The Kier molecular flexibility index (Phi) is 2.09. The van der Waals surface area contributed by atoms with Gasteiger partial charge in [0.05, 0.1) is 12.5 Å². The highest BCUT2D eigenvalue weighted by Gasteiger charge is 2.36. The fourth-order valence-electron chi connectivity index (χ4n) is 2.74. The summed E-state index contributed by atoms with van der Waals surface area (Å²) in [6, 6.07) is 6.50. The lowest BCUT2D eigenvalue weighted by atomic mass is 9.92. The van der Waals surface area contributed by atoms with Crippen molar-refractivity contribution in [2.75, 3.05) is 6.54 Å². The molecular formula is C12H12BrNO. The third kappa shape index (κ3) is 1.33. The third-order valence-electron chi connectivity index (χ3n) is 3.39. The fourth-order valence-corrected chi connectivity index (χ4v) is 3.41. The van der Waals surface area contributed by atoms with Crippen LogP contribution in [0, 0.1) is 0 Å². The van der Waals surface area contributed by atoms with Crippen molar-refractivity contribution >= 4 is 21.8 Å². The van der Waals surface area contributed by atoms with Gasteiger partial charge in [-0.3, -0.25) is 4.79 Å². The van der Waals surface area contributed by atoms with Crippen LogP contribution in [-0.4, -0.2) is 17.4 Å². The first-order valence-electron chi connectivity index (χ1n) is 5.34. The quantitative estimate of drug-likeness (QED) is 0.707. The summed E-state index contributed by atoms with van der Waals surface area (Å²) in [5, 5.41) is 0. The Bertz CT molecular complexity index is 430. The first kappa shape index (κ1) is 9.40. The zero-order chi connectivity index (χ0) is 10.4. The summed E-state index contributed by atoms with van der Waals surface area (Å²) >= 11 is 3.60. The topological polar surface area (TPSA) is 20.3 Å². The van der Waals surface area contributed by atoms with E-state index in [9.17, 15) is 4.79 Å². The molecule has 3 rings (SSSR count). The number of carbonyl (C=O) groups excluding carboxylic acids is 1. The van der Waals surface area contributed by atoms with Gasteiger partial charge in [0.1, 0.15) is 0 Å². The lowest BCUT2D eigenvalue weighted by Gasteiger charge is -2.32. The molecule has 15 heavy (non-hydrogen) atoms. The maximum atomic E-state index is 11.9. The van der Waals surface area contributed by atoms with Gasteiger partial charge in [-0.1, -0.05) is 28.1 Å². The van der Waals surface area contributed by atoms with Gasteiger partial charge in [-0.05, 0) is 30.0 Å². The van der Waals surface area contributed by atoms with Crippen molar-refractivity contribution in [1.29, 1.82) is 0 Å². The van der Waals surface area contributed by atoms with E-state index < -0.39 is 0 Å². The van der Waals surface area contributed by atoms with Crippen molar-refractivity contribution in [1.82, 2.24) is 4.90 Å². The molecule has 1 fully saturated rings. The van der Waals surface area contributed by atoms with Crippen LogP contribution >= 0.6 is 15.9 Å². The average Bonchev–Trinajstić information content (AvgIpc) is 2.66. The lowest BCUT2D eigenvalue weighted by Crippen LogP contribution is -2.36. The van der Waals surface area contributed by atoms with Crippen molar-refractivity contribution < 1.29 is 4.79 Å². The molecule has 0 radical (unpaired) electrons. The molecule has 0 spiro atoms. The zero-order valence-corrected chi connectivity index (χ0v) is 9.96. The fraction of sp³-hybridized carbons (Fsp3) is 0.417. The van der Waals surface area contributed by atoms with Gasteiger partial charge < -0.3 is 4.90 Å². The number of hydrogen-bond donors (Lipinski definition) is 0. The first-order valence-corrected chi connectivity index (χ1v) is 6.13. The molecule has 1 saturated heterocycles. The van der Waals surface area contributed by atoms with Crippen LogP contribution in [0.4, 0.5) is 0 Å². The van der Waals surface area contributed by atoms with E-state index in [0.29, 0.717) is 18.4 Å². The van der Waals surface area contributed by atoms with Crippen LogP contribution in [-0.2, 0) is 11.2 Å². The predicted octanol–water partition coefficient (Wildman–Crippen LogP) is 2.67. The number of halogens is 1. The van der Waals surface area contributed by atoms with Crippen LogP contribution in [0.5, 0.6) is 0 Å². The van der Waals surface area contributed by atoms with Crippen LogP contribution in [0.1, 0.15) is 30.0 Å². The first-order chi connectivity index (χ1) is 7.27. The lowest BCUT2D eigenvalue weighted by molar-refractivity contribution is -0.132. The molecular weight excluding hydrogens is 254 g/mol. The standard InChI is InChI=1S/C12H12BrNO/c13-9-4-1-3-8-7-11(15)14-6-2-5-10(14)12(8)9/h1,3-4,10H,2,5-7H2. The molecule has 0 aliphatic carbocycles. The Hall–Kier alpha value is -0.830. The second-order valence-corrected chi connectivity index (χ2v) is 5.09. The number of nitrogens with zero attached hydrogens (tertiary/aromatic N) is 1. The zero-order valence-electron chi connectivity index (χ0n) is 8.37. The van der Waals surface area contributed by atoms with E-state index >= 15 is 0 Å². The van der Waals surface area contributed by atoms with Gasteiger partial charge in [0, 0.05) is 11.0 Å². The predicted molar refractivity (Wildman–Crippen MR) is 61.5 cm³/mol. The number of carbonyl (C=O) groups is 1. The molecule has 3 heteroatoms. The van der Waals surface area contributed by atoms with Crippen LogP contribution in [0.2, 0.25) is 0 Å². The van der Waals surface area contributed by atoms with Crippen LogP contribution < -0.4 is 0 Å². The smallest absolute Gasteiger partial charge is 0.227 e. The SMILES string of the molecule is O=C1Cc2cccc(Br)c2C2CCCN12. The number of fused-ring (bicyclic) bond motifs is 3. The summed E-state index contributed by atoms with van der Waals surface area (Å²) in [4.78, 5) is 13.9. The summed E-state index contributed by atoms with van der Waals surface area (Å²) in [5.74, 6) is 0.295. The molecule has 1 aromatic rings. The van der Waals surface area contributed by atoms with E-state index in [1.165, 1.54) is 11.1 Å². The van der Waals surface area contributed by atoms with Gasteiger partial charge in [0.2, 0.25) is 5.91 Å². The van der Waals surface area contributed by atoms with E-state index in [0.717, 1.165) is 23.9 Å². The molecule has 2 heterocycles. The molecule has 0 bridgehead atoms. The Morgan fingerprint density at radius 2 is 2.27 bits per heavy atom. The molecule has 1 amide bonds. The van der Waals surface area contributed by atoms with E-state index in [2.05, 4.69) is 28.1 Å². The summed E-state index contributed by atoms with van der Waals surface area (Å²) in [5.41, 5.74) is 2.55. The maximum Gasteiger partial charge on any atom is 0.227 e. The largest absolute Gasteiger partial charge is 0.335 e. The van der Waals surface area contributed by atoms with Crippen molar-refractivity contribution in [3.05, 3.63) is 33.8 Å². The van der Waals surface area contributed by atoms with Gasteiger partial charge >= 0.3 is 0 Å². The van der Waals surface area contributed by atoms with Crippen molar-refractivity contribution in [3.8, 4) is 0 Å². The summed E-state index contributed by atoms with van der Waals surface area (Å²) in [6.45, 7) is 0.935. The minimum atomic E-state index is 0.295. The monoisotopic (exact) mass is 265 g/mol. The maximum absolute atomic E-state index is 11.9. The molecule has 1 unspecified atom stereocenters. The van der Waals surface area contributed by atoms with Gasteiger partial charge in [-0.2, -0.15) is 0 Å². The minimum Gasteiger partial charge on any atom is -0.335 e. The number of rotatable bonds is 0. The molecule has 2 aliphatic rings. The van der Waals surface area contributed by atoms with Crippen LogP contribution in [0.25, 0.3) is 0 Å². The highest BCUT2D eigenvalue weighted by molar-refractivity contribution is 9.10. The molecule has 2 aliphatic heterocycles. The summed E-state index contributed by atoms with van der Waals surface area (Å²) in [7, 11) is 0. The van der Waals surface area contributed by atoms with E-state index in [1.807, 2.05) is 11.0 Å². The summed E-state index contributed by atoms with van der Waals surface area (Å²) < 4.78 is 1.16. The molecule has 1 atom stereocenters. The number of amides is 1.